The molecule has 0 saturated carbocycles. The summed E-state index contributed by atoms with van der Waals surface area (Å²) in [6, 6.07) is 5.91. The number of carbonyl (C=O) groups is 2. The smallest absolute Gasteiger partial charge is 0.325 e. The molecule has 2 aromatic rings. The molecule has 0 spiro atoms. The third-order valence-electron chi connectivity index (χ3n) is 3.49. The molecule has 1 N–H and O–H groups in total. The van der Waals surface area contributed by atoms with Crippen molar-refractivity contribution in [2.75, 3.05) is 11.4 Å². The fourth-order valence-corrected chi connectivity index (χ4v) is 2.51. The van der Waals surface area contributed by atoms with E-state index in [1.54, 1.807) is 4.90 Å². The van der Waals surface area contributed by atoms with E-state index in [1.807, 2.05) is 45.9 Å². The molecule has 0 bridgehead atoms. The predicted molar refractivity (Wildman–Crippen MR) is 90.1 cm³/mol. The van der Waals surface area contributed by atoms with Crippen molar-refractivity contribution in [3.8, 4) is 0 Å². The van der Waals surface area contributed by atoms with Crippen LogP contribution in [0.5, 0.6) is 0 Å². The first-order valence-electron chi connectivity index (χ1n) is 7.79. The number of hydrogen-bond donors (Lipinski definition) is 1. The van der Waals surface area contributed by atoms with Crippen molar-refractivity contribution in [1.29, 1.82) is 0 Å². The first-order valence-corrected chi connectivity index (χ1v) is 7.79. The lowest BCUT2D eigenvalue weighted by Gasteiger charge is -2.25. The third-order valence-corrected chi connectivity index (χ3v) is 3.49. The Balaban J connectivity index is 2.34. The summed E-state index contributed by atoms with van der Waals surface area (Å²) in [5.41, 5.74) is 3.09. The lowest BCUT2D eigenvalue weighted by atomic mass is 10.1. The van der Waals surface area contributed by atoms with Crippen molar-refractivity contribution in [1.82, 2.24) is 15.0 Å². The Kier molecular flexibility index (Phi) is 5.33. The molecule has 24 heavy (non-hydrogen) atoms. The van der Waals surface area contributed by atoms with E-state index in [4.69, 9.17) is 5.11 Å². The van der Waals surface area contributed by atoms with E-state index in [2.05, 4.69) is 10.3 Å². The van der Waals surface area contributed by atoms with Crippen molar-refractivity contribution in [3.05, 3.63) is 41.2 Å². The van der Waals surface area contributed by atoms with Crippen molar-refractivity contribution < 1.29 is 14.7 Å². The highest BCUT2D eigenvalue weighted by Gasteiger charge is 2.23. The molecule has 0 aliphatic rings. The number of aryl methyl sites for hydroxylation is 2. The zero-order chi connectivity index (χ0) is 17.9. The topological polar surface area (TPSA) is 88.3 Å². The summed E-state index contributed by atoms with van der Waals surface area (Å²) >= 11 is 0. The Morgan fingerprint density at radius 3 is 2.58 bits per heavy atom. The standard InChI is InChI=1S/C17H22N4O3/c1-11(2)8-21(15-6-5-12(3)7-13(15)4)17(24)14-9-20(19-18-14)10-16(22)23/h5-7,9,11H,8,10H2,1-4H3,(H,22,23). The average molecular weight is 330 g/mol. The van der Waals surface area contributed by atoms with E-state index in [0.717, 1.165) is 21.5 Å². The van der Waals surface area contributed by atoms with Crippen molar-refractivity contribution in [2.24, 2.45) is 5.92 Å². The summed E-state index contributed by atoms with van der Waals surface area (Å²) < 4.78 is 1.14. The molecule has 1 aromatic heterocycles. The molecule has 0 atom stereocenters. The van der Waals surface area contributed by atoms with Crippen LogP contribution in [0.2, 0.25) is 0 Å². The summed E-state index contributed by atoms with van der Waals surface area (Å²) in [5, 5.41) is 16.3. The fourth-order valence-electron chi connectivity index (χ4n) is 2.51. The first-order chi connectivity index (χ1) is 11.3. The highest BCUT2D eigenvalue weighted by molar-refractivity contribution is 6.05. The van der Waals surface area contributed by atoms with Gasteiger partial charge in [0.05, 0.1) is 6.20 Å². The number of carboxylic acids is 1. The van der Waals surface area contributed by atoms with Gasteiger partial charge in [0.1, 0.15) is 6.54 Å². The lowest BCUT2D eigenvalue weighted by molar-refractivity contribution is -0.137. The highest BCUT2D eigenvalue weighted by atomic mass is 16.4. The van der Waals surface area contributed by atoms with Crippen molar-refractivity contribution in [3.63, 3.8) is 0 Å². The Labute approximate surface area is 140 Å². The van der Waals surface area contributed by atoms with Crippen LogP contribution in [0.3, 0.4) is 0 Å². The molecule has 128 valence electrons. The van der Waals surface area contributed by atoms with Gasteiger partial charge in [-0.1, -0.05) is 36.8 Å². The molecule has 0 fully saturated rings. The zero-order valence-corrected chi connectivity index (χ0v) is 14.4. The van der Waals surface area contributed by atoms with Crippen molar-refractivity contribution >= 4 is 17.6 Å². The largest absolute Gasteiger partial charge is 0.480 e. The number of carbonyl (C=O) groups excluding carboxylic acids is 1. The van der Waals surface area contributed by atoms with Gasteiger partial charge in [-0.25, -0.2) is 4.68 Å². The second-order valence-corrected chi connectivity index (χ2v) is 6.29. The molecule has 1 heterocycles. The first kappa shape index (κ1) is 17.7. The number of aromatic nitrogens is 3. The van der Waals surface area contributed by atoms with E-state index in [-0.39, 0.29) is 24.1 Å². The Morgan fingerprint density at radius 2 is 2.00 bits per heavy atom. The van der Waals surface area contributed by atoms with Crippen LogP contribution in [-0.4, -0.2) is 38.5 Å². The van der Waals surface area contributed by atoms with Crippen LogP contribution in [0.4, 0.5) is 5.69 Å². The minimum absolute atomic E-state index is 0.136. The van der Waals surface area contributed by atoms with Gasteiger partial charge in [-0.05, 0) is 31.4 Å². The highest BCUT2D eigenvalue weighted by Crippen LogP contribution is 2.23. The molecule has 1 aromatic carbocycles. The molecule has 0 saturated heterocycles. The number of benzene rings is 1. The Hall–Kier alpha value is -2.70. The molecule has 7 nitrogen and oxygen atoms in total. The van der Waals surface area contributed by atoms with Gasteiger partial charge in [0.2, 0.25) is 0 Å². The summed E-state index contributed by atoms with van der Waals surface area (Å²) in [4.78, 5) is 25.3. The van der Waals surface area contributed by atoms with Crippen LogP contribution < -0.4 is 4.90 Å². The molecule has 0 aliphatic heterocycles. The van der Waals surface area contributed by atoms with E-state index in [0.29, 0.717) is 6.54 Å². The number of amides is 1. The van der Waals surface area contributed by atoms with Gasteiger partial charge in [-0.3, -0.25) is 9.59 Å². The second-order valence-electron chi connectivity index (χ2n) is 6.29. The van der Waals surface area contributed by atoms with Crippen LogP contribution in [0.15, 0.2) is 24.4 Å². The van der Waals surface area contributed by atoms with E-state index in [1.165, 1.54) is 6.20 Å². The number of hydrogen-bond acceptors (Lipinski definition) is 4. The summed E-state index contributed by atoms with van der Waals surface area (Å²) in [7, 11) is 0. The Bertz CT molecular complexity index is 752. The molecule has 0 unspecified atom stereocenters. The van der Waals surface area contributed by atoms with Crippen LogP contribution in [-0.2, 0) is 11.3 Å². The normalized spacial score (nSPS) is 10.9. The number of nitrogens with zero attached hydrogens (tertiary/aromatic N) is 4. The Morgan fingerprint density at radius 1 is 1.29 bits per heavy atom. The minimum Gasteiger partial charge on any atom is -0.480 e. The number of aliphatic carboxylic acids is 1. The van der Waals surface area contributed by atoms with Crippen LogP contribution in [0.25, 0.3) is 0 Å². The third kappa shape index (κ3) is 4.18. The van der Waals surface area contributed by atoms with Gasteiger partial charge in [0.25, 0.3) is 5.91 Å². The quantitative estimate of drug-likeness (QED) is 0.878. The van der Waals surface area contributed by atoms with Gasteiger partial charge in [-0.15, -0.1) is 5.10 Å². The molecule has 0 radical (unpaired) electrons. The molecular weight excluding hydrogens is 308 g/mol. The minimum atomic E-state index is -1.03. The van der Waals surface area contributed by atoms with Gasteiger partial charge in [0.15, 0.2) is 5.69 Å². The maximum absolute atomic E-state index is 12.9. The number of carboxylic acid groups (broad SMARTS) is 1. The molecule has 1 amide bonds. The predicted octanol–water partition coefficient (Wildman–Crippen LogP) is 2.28. The molecule has 7 heteroatoms. The van der Waals surface area contributed by atoms with Crippen molar-refractivity contribution in [2.45, 2.75) is 34.2 Å². The molecular formula is C17H22N4O3. The lowest BCUT2D eigenvalue weighted by Crippen LogP contribution is -2.35. The van der Waals surface area contributed by atoms with Gasteiger partial charge < -0.3 is 10.0 Å². The van der Waals surface area contributed by atoms with E-state index < -0.39 is 5.97 Å². The fraction of sp³-hybridized carbons (Fsp3) is 0.412. The zero-order valence-electron chi connectivity index (χ0n) is 14.4. The SMILES string of the molecule is Cc1ccc(N(CC(C)C)C(=O)c2cn(CC(=O)O)nn2)c(C)c1. The summed E-state index contributed by atoms with van der Waals surface area (Å²) in [6.45, 7) is 8.24. The second kappa shape index (κ2) is 7.25. The number of rotatable bonds is 6. The van der Waals surface area contributed by atoms with Crippen LogP contribution in [0, 0.1) is 19.8 Å². The maximum Gasteiger partial charge on any atom is 0.325 e. The molecule has 0 aliphatic carbocycles. The summed E-state index contributed by atoms with van der Waals surface area (Å²) in [6.07, 6.45) is 1.37. The maximum atomic E-state index is 12.9. The summed E-state index contributed by atoms with van der Waals surface area (Å²) in [5.74, 6) is -1.05. The monoisotopic (exact) mass is 330 g/mol. The molecule has 2 rings (SSSR count). The van der Waals surface area contributed by atoms with Gasteiger partial charge >= 0.3 is 5.97 Å². The number of anilines is 1. The van der Waals surface area contributed by atoms with Gasteiger partial charge in [0, 0.05) is 12.2 Å². The van der Waals surface area contributed by atoms with Crippen LogP contribution >= 0.6 is 0 Å². The van der Waals surface area contributed by atoms with E-state index in [9.17, 15) is 9.59 Å². The van der Waals surface area contributed by atoms with Gasteiger partial charge in [-0.2, -0.15) is 0 Å². The van der Waals surface area contributed by atoms with E-state index >= 15 is 0 Å². The average Bonchev–Trinajstić information content (AvgIpc) is 2.92. The van der Waals surface area contributed by atoms with Crippen LogP contribution in [0.1, 0.15) is 35.5 Å².